The fourth-order valence-electron chi connectivity index (χ4n) is 2.98. The van der Waals surface area contributed by atoms with Gasteiger partial charge in [-0.25, -0.2) is 0 Å². The lowest BCUT2D eigenvalue weighted by Crippen LogP contribution is -2.37. The van der Waals surface area contributed by atoms with Gasteiger partial charge in [-0.3, -0.25) is 4.79 Å². The summed E-state index contributed by atoms with van der Waals surface area (Å²) in [5.74, 6) is -0.988. The topological polar surface area (TPSA) is 46.5 Å². The van der Waals surface area contributed by atoms with E-state index >= 15 is 0 Å². The first-order valence-corrected chi connectivity index (χ1v) is 10.4. The van der Waals surface area contributed by atoms with Gasteiger partial charge in [0.2, 0.25) is 0 Å². The molecule has 0 aliphatic rings. The largest absolute Gasteiger partial charge is 0.460 e. The van der Waals surface area contributed by atoms with E-state index < -0.39 is 17.6 Å². The van der Waals surface area contributed by atoms with Crippen molar-refractivity contribution in [2.24, 2.45) is 5.92 Å². The molecule has 0 aliphatic heterocycles. The molecule has 0 amide bonds. The van der Waals surface area contributed by atoms with Gasteiger partial charge < -0.3 is 9.84 Å². The molecule has 0 bridgehead atoms. The average molecular weight is 387 g/mol. The van der Waals surface area contributed by atoms with Crippen LogP contribution in [0.4, 0.5) is 0 Å². The molecular weight excluding hydrogens is 356 g/mol. The van der Waals surface area contributed by atoms with Crippen molar-refractivity contribution >= 4 is 17.7 Å². The number of carbonyl (C=O) groups is 1. The zero-order valence-electron chi connectivity index (χ0n) is 16.6. The van der Waals surface area contributed by atoms with Crippen molar-refractivity contribution in [3.8, 4) is 0 Å². The third kappa shape index (κ3) is 6.71. The van der Waals surface area contributed by atoms with Gasteiger partial charge >= 0.3 is 5.97 Å². The number of benzene rings is 2. The van der Waals surface area contributed by atoms with Crippen LogP contribution in [0.25, 0.3) is 0 Å². The molecule has 2 aromatic carbocycles. The van der Waals surface area contributed by atoms with Gasteiger partial charge in [-0.2, -0.15) is 0 Å². The predicted octanol–water partition coefficient (Wildman–Crippen LogP) is 5.64. The lowest BCUT2D eigenvalue weighted by atomic mass is 9.90. The van der Waals surface area contributed by atoms with E-state index in [0.717, 1.165) is 23.3 Å². The lowest BCUT2D eigenvalue weighted by Gasteiger charge is -2.32. The Balaban J connectivity index is 2.36. The molecule has 0 saturated heterocycles. The third-order valence-electron chi connectivity index (χ3n) is 4.16. The first kappa shape index (κ1) is 21.5. The first-order chi connectivity index (χ1) is 12.8. The molecule has 0 saturated carbocycles. The van der Waals surface area contributed by atoms with Gasteiger partial charge in [0.05, 0.1) is 12.0 Å². The molecule has 0 heterocycles. The molecular formula is C23H30O3S. The van der Waals surface area contributed by atoms with Crippen LogP contribution < -0.4 is 0 Å². The summed E-state index contributed by atoms with van der Waals surface area (Å²) in [5.41, 5.74) is 0.142. The average Bonchev–Trinajstić information content (AvgIpc) is 2.62. The Morgan fingerprint density at radius 2 is 1.59 bits per heavy atom. The Morgan fingerprint density at radius 1 is 1.04 bits per heavy atom. The molecule has 0 aliphatic carbocycles. The number of thioether (sulfide) groups is 1. The molecule has 2 rings (SSSR count). The van der Waals surface area contributed by atoms with Crippen LogP contribution >= 0.6 is 11.8 Å². The van der Waals surface area contributed by atoms with Crippen molar-refractivity contribution in [1.29, 1.82) is 0 Å². The molecule has 146 valence electrons. The van der Waals surface area contributed by atoms with Gasteiger partial charge in [0, 0.05) is 10.1 Å². The summed E-state index contributed by atoms with van der Waals surface area (Å²) in [7, 11) is 0. The normalized spacial score (nSPS) is 15.0. The molecule has 2 aromatic rings. The van der Waals surface area contributed by atoms with Gasteiger partial charge in [0.25, 0.3) is 0 Å². The number of hydrogen-bond donors (Lipinski definition) is 1. The number of aliphatic hydroxyl groups is 1. The van der Waals surface area contributed by atoms with Crippen molar-refractivity contribution in [2.45, 2.75) is 62.4 Å². The van der Waals surface area contributed by atoms with Crippen LogP contribution in [-0.4, -0.2) is 21.9 Å². The summed E-state index contributed by atoms with van der Waals surface area (Å²) >= 11 is 1.64. The van der Waals surface area contributed by atoms with Crippen LogP contribution in [0.15, 0.2) is 65.6 Å². The highest BCUT2D eigenvalue weighted by Crippen LogP contribution is 2.38. The predicted molar refractivity (Wildman–Crippen MR) is 112 cm³/mol. The molecule has 0 fully saturated rings. The minimum atomic E-state index is -0.909. The number of rotatable bonds is 8. The van der Waals surface area contributed by atoms with Gasteiger partial charge in [-0.1, -0.05) is 61.9 Å². The maximum atomic E-state index is 13.1. The van der Waals surface area contributed by atoms with Gasteiger partial charge in [-0.15, -0.1) is 11.8 Å². The lowest BCUT2D eigenvalue weighted by molar-refractivity contribution is -0.164. The summed E-state index contributed by atoms with van der Waals surface area (Å²) in [6.45, 7) is 7.67. The molecule has 0 unspecified atom stereocenters. The smallest absolute Gasteiger partial charge is 0.313 e. The highest BCUT2D eigenvalue weighted by atomic mass is 32.2. The molecule has 0 radical (unpaired) electrons. The molecule has 3 atom stereocenters. The van der Waals surface area contributed by atoms with Crippen molar-refractivity contribution in [3.63, 3.8) is 0 Å². The molecule has 27 heavy (non-hydrogen) atoms. The zero-order chi connectivity index (χ0) is 19.9. The Kier molecular flexibility index (Phi) is 7.93. The third-order valence-corrected chi connectivity index (χ3v) is 5.54. The Labute approximate surface area is 167 Å². The van der Waals surface area contributed by atoms with E-state index in [0.29, 0.717) is 0 Å². The summed E-state index contributed by atoms with van der Waals surface area (Å²) in [6, 6.07) is 19.4. The SMILES string of the molecule is CCC[C@@H](Sc1ccccc1)[C@H](C(=O)OC(C)(C)C)[C@@H](O)c1ccccc1. The van der Waals surface area contributed by atoms with Crippen LogP contribution in [0.2, 0.25) is 0 Å². The number of esters is 1. The standard InChI is InChI=1S/C23H30O3S/c1-5-12-19(27-18-15-10-7-11-16-18)20(22(25)26-23(2,3)4)21(24)17-13-8-6-9-14-17/h6-11,13-16,19-21,24H,5,12H2,1-4H3/t19-,20+,21+/m1/s1. The fourth-order valence-corrected chi connectivity index (χ4v) is 4.41. The highest BCUT2D eigenvalue weighted by Gasteiger charge is 2.38. The fraction of sp³-hybridized carbons (Fsp3) is 0.435. The van der Waals surface area contributed by atoms with Crippen molar-refractivity contribution < 1.29 is 14.6 Å². The molecule has 0 aromatic heterocycles. The van der Waals surface area contributed by atoms with Gasteiger partial charge in [0.15, 0.2) is 0 Å². The first-order valence-electron chi connectivity index (χ1n) is 9.49. The van der Waals surface area contributed by atoms with Crippen LogP contribution in [0.5, 0.6) is 0 Å². The number of ether oxygens (including phenoxy) is 1. The number of aliphatic hydroxyl groups excluding tert-OH is 1. The maximum Gasteiger partial charge on any atom is 0.313 e. The van der Waals surface area contributed by atoms with Crippen molar-refractivity contribution in [3.05, 3.63) is 66.2 Å². The maximum absolute atomic E-state index is 13.1. The number of carbonyl (C=O) groups excluding carboxylic acids is 1. The Hall–Kier alpha value is -1.78. The van der Waals surface area contributed by atoms with E-state index in [9.17, 15) is 9.90 Å². The van der Waals surface area contributed by atoms with E-state index in [2.05, 4.69) is 6.92 Å². The van der Waals surface area contributed by atoms with Gasteiger partial charge in [-0.05, 0) is 44.9 Å². The van der Waals surface area contributed by atoms with Crippen LogP contribution in [-0.2, 0) is 9.53 Å². The molecule has 1 N–H and O–H groups in total. The summed E-state index contributed by atoms with van der Waals surface area (Å²) in [6.07, 6.45) is 0.826. The monoisotopic (exact) mass is 386 g/mol. The van der Waals surface area contributed by atoms with Crippen molar-refractivity contribution in [2.75, 3.05) is 0 Å². The van der Waals surface area contributed by atoms with E-state index in [1.165, 1.54) is 0 Å². The van der Waals surface area contributed by atoms with Crippen molar-refractivity contribution in [1.82, 2.24) is 0 Å². The zero-order valence-corrected chi connectivity index (χ0v) is 17.4. The second-order valence-corrected chi connectivity index (χ2v) is 8.99. The second-order valence-electron chi connectivity index (χ2n) is 7.67. The van der Waals surface area contributed by atoms with Gasteiger partial charge in [0.1, 0.15) is 5.60 Å². The molecule has 4 heteroatoms. The Bertz CT molecular complexity index is 695. The molecule has 3 nitrogen and oxygen atoms in total. The van der Waals surface area contributed by atoms with Crippen LogP contribution in [0, 0.1) is 5.92 Å². The van der Waals surface area contributed by atoms with E-state index in [1.807, 2.05) is 81.4 Å². The number of hydrogen-bond acceptors (Lipinski definition) is 4. The van der Waals surface area contributed by atoms with E-state index in [1.54, 1.807) is 11.8 Å². The summed E-state index contributed by atoms with van der Waals surface area (Å²) in [4.78, 5) is 14.2. The molecule has 0 spiro atoms. The highest BCUT2D eigenvalue weighted by molar-refractivity contribution is 8.00. The van der Waals surface area contributed by atoms with E-state index in [-0.39, 0.29) is 11.2 Å². The second kappa shape index (κ2) is 9.95. The van der Waals surface area contributed by atoms with Crippen LogP contribution in [0.3, 0.4) is 0 Å². The summed E-state index contributed by atoms with van der Waals surface area (Å²) in [5, 5.41) is 11.0. The Morgan fingerprint density at radius 3 is 2.11 bits per heavy atom. The summed E-state index contributed by atoms with van der Waals surface area (Å²) < 4.78 is 5.70. The minimum Gasteiger partial charge on any atom is -0.460 e. The minimum absolute atomic E-state index is 0.0811. The van der Waals surface area contributed by atoms with Crippen LogP contribution in [0.1, 0.15) is 52.2 Å². The van der Waals surface area contributed by atoms with E-state index in [4.69, 9.17) is 4.74 Å². The quantitative estimate of drug-likeness (QED) is 0.471.